The van der Waals surface area contributed by atoms with Gasteiger partial charge in [-0.1, -0.05) is 17.3 Å². The number of aromatic nitrogens is 1. The van der Waals surface area contributed by atoms with Crippen molar-refractivity contribution in [3.63, 3.8) is 0 Å². The second-order valence-corrected chi connectivity index (χ2v) is 7.35. The van der Waals surface area contributed by atoms with Gasteiger partial charge in [-0.05, 0) is 26.0 Å². The topological polar surface area (TPSA) is 83.6 Å². The van der Waals surface area contributed by atoms with E-state index >= 15 is 0 Å². The average Bonchev–Trinajstić information content (AvgIpc) is 3.17. The van der Waals surface area contributed by atoms with Crippen molar-refractivity contribution in [1.29, 1.82) is 0 Å². The van der Waals surface area contributed by atoms with Crippen molar-refractivity contribution in [2.45, 2.75) is 36.6 Å². The van der Waals surface area contributed by atoms with Crippen LogP contribution >= 0.6 is 11.8 Å². The molecule has 1 aromatic carbocycles. The minimum Gasteiger partial charge on any atom is -0.479 e. The summed E-state index contributed by atoms with van der Waals surface area (Å²) in [5.74, 6) is -0.545. The van der Waals surface area contributed by atoms with E-state index in [1.807, 2.05) is 26.0 Å². The predicted molar refractivity (Wildman–Crippen MR) is 94.0 cm³/mol. The van der Waals surface area contributed by atoms with E-state index in [4.69, 9.17) is 9.63 Å². The third-order valence-electron chi connectivity index (χ3n) is 4.56. The quantitative estimate of drug-likeness (QED) is 0.805. The number of carbonyl (C=O) groups excluding carboxylic acids is 1. The maximum absolute atomic E-state index is 14.3. The van der Waals surface area contributed by atoms with Crippen molar-refractivity contribution in [3.8, 4) is 0 Å². The molecule has 1 fully saturated rings. The summed E-state index contributed by atoms with van der Waals surface area (Å²) in [6, 6.07) is 7.07. The van der Waals surface area contributed by atoms with Crippen molar-refractivity contribution in [3.05, 3.63) is 46.8 Å². The number of benzene rings is 1. The molecular weight excluding hydrogens is 359 g/mol. The molecule has 1 aliphatic heterocycles. The molecule has 138 valence electrons. The number of likely N-dealkylation sites (tertiary alicyclic amines) is 1. The van der Waals surface area contributed by atoms with Gasteiger partial charge in [-0.25, -0.2) is 9.18 Å². The molecule has 1 aromatic heterocycles. The molecule has 1 N–H and O–H groups in total. The number of aliphatic carboxylic acids is 1. The molecule has 0 radical (unpaired) electrons. The van der Waals surface area contributed by atoms with Crippen molar-refractivity contribution in [2.24, 2.45) is 0 Å². The van der Waals surface area contributed by atoms with Crippen LogP contribution in [0.1, 0.15) is 33.8 Å². The number of carboxylic acid groups (broad SMARTS) is 1. The smallest absolute Gasteiger partial charge is 0.343 e. The standard InChI is InChI=1S/C18H19FN2O4S/c1-11-14(12(2)25-20-11)9-26-15-6-4-3-5-13(15)16(22)21-8-7-18(19,10-21)17(23)24/h3-6H,7-10H2,1-2H3,(H,23,24). The normalized spacial score (nSPS) is 19.7. The maximum Gasteiger partial charge on any atom is 0.343 e. The molecule has 0 aliphatic carbocycles. The highest BCUT2D eigenvalue weighted by Gasteiger charge is 2.47. The molecule has 2 heterocycles. The van der Waals surface area contributed by atoms with Gasteiger partial charge in [-0.2, -0.15) is 0 Å². The first kappa shape index (κ1) is 18.4. The Hall–Kier alpha value is -2.35. The Bertz CT molecular complexity index is 834. The van der Waals surface area contributed by atoms with E-state index in [0.717, 1.165) is 21.9 Å². The number of halogens is 1. The van der Waals surface area contributed by atoms with Gasteiger partial charge in [0.25, 0.3) is 5.91 Å². The summed E-state index contributed by atoms with van der Waals surface area (Å²) in [7, 11) is 0. The van der Waals surface area contributed by atoms with Gasteiger partial charge < -0.3 is 14.5 Å². The summed E-state index contributed by atoms with van der Waals surface area (Å²) in [6.07, 6.45) is -0.192. The molecule has 3 rings (SSSR count). The van der Waals surface area contributed by atoms with Crippen LogP contribution in [0, 0.1) is 13.8 Å². The maximum atomic E-state index is 14.3. The Kier molecular flexibility index (Phi) is 5.04. The second-order valence-electron chi connectivity index (χ2n) is 6.33. The summed E-state index contributed by atoms with van der Waals surface area (Å²) in [6.45, 7) is 3.36. The molecule has 0 saturated carbocycles. The first-order valence-corrected chi connectivity index (χ1v) is 9.15. The third kappa shape index (κ3) is 3.46. The highest BCUT2D eigenvalue weighted by molar-refractivity contribution is 7.98. The van der Waals surface area contributed by atoms with E-state index in [1.54, 1.807) is 12.1 Å². The number of alkyl halides is 1. The van der Waals surface area contributed by atoms with E-state index in [0.29, 0.717) is 11.3 Å². The van der Waals surface area contributed by atoms with E-state index in [1.165, 1.54) is 16.7 Å². The van der Waals surface area contributed by atoms with Gasteiger partial charge >= 0.3 is 5.97 Å². The van der Waals surface area contributed by atoms with Crippen molar-refractivity contribution in [1.82, 2.24) is 10.1 Å². The molecule has 6 nitrogen and oxygen atoms in total. The van der Waals surface area contributed by atoms with E-state index in [2.05, 4.69) is 5.16 Å². The van der Waals surface area contributed by atoms with Gasteiger partial charge in [-0.15, -0.1) is 11.8 Å². The van der Waals surface area contributed by atoms with Gasteiger partial charge in [0.2, 0.25) is 5.67 Å². The average molecular weight is 378 g/mol. The number of carboxylic acids is 1. The number of thioether (sulfide) groups is 1. The number of amides is 1. The summed E-state index contributed by atoms with van der Waals surface area (Å²) in [4.78, 5) is 25.9. The highest BCUT2D eigenvalue weighted by Crippen LogP contribution is 2.32. The molecule has 1 unspecified atom stereocenters. The zero-order valence-electron chi connectivity index (χ0n) is 14.5. The van der Waals surface area contributed by atoms with Crippen LogP contribution in [0.2, 0.25) is 0 Å². The summed E-state index contributed by atoms with van der Waals surface area (Å²) < 4.78 is 19.4. The molecule has 8 heteroatoms. The Morgan fingerprint density at radius 3 is 2.73 bits per heavy atom. The van der Waals surface area contributed by atoms with Crippen LogP contribution in [-0.2, 0) is 10.5 Å². The van der Waals surface area contributed by atoms with Gasteiger partial charge in [0.1, 0.15) is 5.76 Å². The fraction of sp³-hybridized carbons (Fsp3) is 0.389. The fourth-order valence-corrected chi connectivity index (χ4v) is 4.12. The lowest BCUT2D eigenvalue weighted by molar-refractivity contribution is -0.149. The van der Waals surface area contributed by atoms with Crippen LogP contribution < -0.4 is 0 Å². The Labute approximate surface area is 154 Å². The molecule has 2 aromatic rings. The van der Waals surface area contributed by atoms with Gasteiger partial charge in [0, 0.05) is 29.2 Å². The number of hydrogen-bond donors (Lipinski definition) is 1. The second kappa shape index (κ2) is 7.11. The van der Waals surface area contributed by atoms with E-state index in [-0.39, 0.29) is 18.9 Å². The first-order valence-electron chi connectivity index (χ1n) is 8.17. The first-order chi connectivity index (χ1) is 12.3. The number of nitrogens with zero attached hydrogens (tertiary/aromatic N) is 2. The minimum atomic E-state index is -2.37. The zero-order valence-corrected chi connectivity index (χ0v) is 15.3. The lowest BCUT2D eigenvalue weighted by atomic mass is 10.1. The summed E-state index contributed by atoms with van der Waals surface area (Å²) >= 11 is 1.47. The minimum absolute atomic E-state index is 0.0878. The summed E-state index contributed by atoms with van der Waals surface area (Å²) in [5.41, 5.74) is -0.137. The zero-order chi connectivity index (χ0) is 18.9. The number of carbonyl (C=O) groups is 2. The lowest BCUT2D eigenvalue weighted by Crippen LogP contribution is -2.39. The predicted octanol–water partition coefficient (Wildman–Crippen LogP) is 3.22. The molecule has 1 saturated heterocycles. The van der Waals surface area contributed by atoms with Gasteiger partial charge in [-0.3, -0.25) is 4.79 Å². The number of aryl methyl sites for hydroxylation is 2. The summed E-state index contributed by atoms with van der Waals surface area (Å²) in [5, 5.41) is 12.9. The Morgan fingerprint density at radius 1 is 1.38 bits per heavy atom. The van der Waals surface area contributed by atoms with Crippen LogP contribution in [-0.4, -0.2) is 45.8 Å². The van der Waals surface area contributed by atoms with Crippen molar-refractivity contribution in [2.75, 3.05) is 13.1 Å². The molecule has 1 aliphatic rings. The molecule has 1 atom stereocenters. The number of hydrogen-bond acceptors (Lipinski definition) is 5. The largest absolute Gasteiger partial charge is 0.479 e. The van der Waals surface area contributed by atoms with Crippen molar-refractivity contribution >= 4 is 23.6 Å². The monoisotopic (exact) mass is 378 g/mol. The molecule has 26 heavy (non-hydrogen) atoms. The number of rotatable bonds is 5. The van der Waals surface area contributed by atoms with Gasteiger partial charge in [0.05, 0.1) is 17.8 Å². The molecule has 1 amide bonds. The van der Waals surface area contributed by atoms with Crippen LogP contribution in [0.5, 0.6) is 0 Å². The van der Waals surface area contributed by atoms with Crippen LogP contribution in [0.3, 0.4) is 0 Å². The highest BCUT2D eigenvalue weighted by atomic mass is 32.2. The van der Waals surface area contributed by atoms with E-state index in [9.17, 15) is 14.0 Å². The van der Waals surface area contributed by atoms with Crippen LogP contribution in [0.25, 0.3) is 0 Å². The molecule has 0 spiro atoms. The molecular formula is C18H19FN2O4S. The van der Waals surface area contributed by atoms with Crippen molar-refractivity contribution < 1.29 is 23.6 Å². The Morgan fingerprint density at radius 2 is 2.12 bits per heavy atom. The molecule has 0 bridgehead atoms. The van der Waals surface area contributed by atoms with E-state index < -0.39 is 18.2 Å². The lowest BCUT2D eigenvalue weighted by Gasteiger charge is -2.19. The van der Waals surface area contributed by atoms with Crippen LogP contribution in [0.15, 0.2) is 33.7 Å². The van der Waals surface area contributed by atoms with Crippen LogP contribution in [0.4, 0.5) is 4.39 Å². The fourth-order valence-electron chi connectivity index (χ4n) is 2.92. The third-order valence-corrected chi connectivity index (χ3v) is 5.66. The van der Waals surface area contributed by atoms with Gasteiger partial charge in [0.15, 0.2) is 0 Å². The Balaban J connectivity index is 1.77. The SMILES string of the molecule is Cc1noc(C)c1CSc1ccccc1C(=O)N1CCC(F)(C(=O)O)C1.